The molecule has 94 valence electrons. The summed E-state index contributed by atoms with van der Waals surface area (Å²) in [6.07, 6.45) is -4.72. The molecule has 2 aromatic carbocycles. The second-order valence-electron chi connectivity index (χ2n) is 3.55. The van der Waals surface area contributed by atoms with Gasteiger partial charge >= 0.3 is 6.36 Å². The fourth-order valence-corrected chi connectivity index (χ4v) is 1.66. The molecule has 0 aromatic heterocycles. The van der Waals surface area contributed by atoms with E-state index in [-0.39, 0.29) is 11.3 Å². The largest absolute Gasteiger partial charge is 0.573 e. The molecule has 0 aliphatic rings. The lowest BCUT2D eigenvalue weighted by atomic mass is 10.1. The van der Waals surface area contributed by atoms with Crippen molar-refractivity contribution >= 4 is 27.6 Å². The molecule has 0 heterocycles. The van der Waals surface area contributed by atoms with E-state index in [0.717, 1.165) is 0 Å². The summed E-state index contributed by atoms with van der Waals surface area (Å²) in [6, 6.07) is 8.30. The molecule has 0 radical (unpaired) electrons. The predicted octanol–water partition coefficient (Wildman–Crippen LogP) is 4.12. The zero-order valence-electron chi connectivity index (χ0n) is 8.79. The zero-order chi connectivity index (χ0) is 13.3. The summed E-state index contributed by atoms with van der Waals surface area (Å²) in [7, 11) is 0. The van der Waals surface area contributed by atoms with Crippen molar-refractivity contribution in [2.45, 2.75) is 6.36 Å². The van der Waals surface area contributed by atoms with Crippen LogP contribution in [0.4, 0.5) is 13.2 Å². The van der Waals surface area contributed by atoms with E-state index in [0.29, 0.717) is 10.8 Å². The van der Waals surface area contributed by atoms with E-state index < -0.39 is 11.6 Å². The average Bonchev–Trinajstić information content (AvgIpc) is 2.26. The summed E-state index contributed by atoms with van der Waals surface area (Å²) in [4.78, 5) is 10.9. The first-order valence-corrected chi connectivity index (χ1v) is 5.22. The minimum Gasteiger partial charge on any atom is -0.406 e. The van der Waals surface area contributed by atoms with Crippen molar-refractivity contribution in [3.05, 3.63) is 42.0 Å². The number of hydrogen-bond acceptors (Lipinski definition) is 2. The highest BCUT2D eigenvalue weighted by atomic mass is 35.5. The van der Waals surface area contributed by atoms with Crippen LogP contribution in [0.25, 0.3) is 10.8 Å². The highest BCUT2D eigenvalue weighted by molar-refractivity contribution is 6.67. The van der Waals surface area contributed by atoms with Crippen LogP contribution in [0, 0.1) is 0 Å². The van der Waals surface area contributed by atoms with E-state index in [9.17, 15) is 18.0 Å². The lowest BCUT2D eigenvalue weighted by molar-refractivity contribution is -0.274. The van der Waals surface area contributed by atoms with Gasteiger partial charge in [0.1, 0.15) is 5.75 Å². The van der Waals surface area contributed by atoms with Crippen LogP contribution in [0.5, 0.6) is 5.75 Å². The molecule has 0 aliphatic heterocycles. The van der Waals surface area contributed by atoms with Gasteiger partial charge in [-0.25, -0.2) is 0 Å². The Morgan fingerprint density at radius 3 is 2.28 bits per heavy atom. The summed E-state index contributed by atoms with van der Waals surface area (Å²) in [5, 5.41) is 0.516. The molecule has 6 heteroatoms. The Bertz CT molecular complexity index is 608. The van der Waals surface area contributed by atoms with Crippen molar-refractivity contribution in [3.8, 4) is 5.75 Å². The quantitative estimate of drug-likeness (QED) is 0.770. The van der Waals surface area contributed by atoms with Crippen molar-refractivity contribution in [1.82, 2.24) is 0 Å². The molecule has 0 bridgehead atoms. The van der Waals surface area contributed by atoms with Gasteiger partial charge in [0, 0.05) is 5.56 Å². The highest BCUT2D eigenvalue weighted by Gasteiger charge is 2.31. The van der Waals surface area contributed by atoms with Gasteiger partial charge in [-0.05, 0) is 46.6 Å². The van der Waals surface area contributed by atoms with E-state index in [1.54, 1.807) is 0 Å². The number of carbonyl (C=O) groups is 1. The Morgan fingerprint density at radius 1 is 1.06 bits per heavy atom. The number of fused-ring (bicyclic) bond motifs is 1. The Hall–Kier alpha value is -1.75. The Balaban J connectivity index is 2.41. The van der Waals surface area contributed by atoms with Crippen molar-refractivity contribution in [1.29, 1.82) is 0 Å². The van der Waals surface area contributed by atoms with E-state index >= 15 is 0 Å². The van der Waals surface area contributed by atoms with Gasteiger partial charge in [0.15, 0.2) is 0 Å². The molecule has 18 heavy (non-hydrogen) atoms. The molecular formula is C12H6ClF3O2. The SMILES string of the molecule is O=C(Cl)c1ccc2cc(OC(F)(F)F)ccc2c1. The Morgan fingerprint density at radius 2 is 1.67 bits per heavy atom. The number of alkyl halides is 3. The molecule has 0 saturated carbocycles. The van der Waals surface area contributed by atoms with Gasteiger partial charge in [-0.3, -0.25) is 4.79 Å². The van der Waals surface area contributed by atoms with Crippen LogP contribution in [0.2, 0.25) is 0 Å². The van der Waals surface area contributed by atoms with Crippen LogP contribution in [-0.2, 0) is 0 Å². The van der Waals surface area contributed by atoms with Gasteiger partial charge in [-0.1, -0.05) is 12.1 Å². The topological polar surface area (TPSA) is 26.3 Å². The first kappa shape index (κ1) is 12.7. The lowest BCUT2D eigenvalue weighted by Gasteiger charge is -2.09. The van der Waals surface area contributed by atoms with Gasteiger partial charge in [0.2, 0.25) is 0 Å². The second kappa shape index (κ2) is 4.49. The molecule has 0 fully saturated rings. The normalized spacial score (nSPS) is 11.6. The van der Waals surface area contributed by atoms with Crippen molar-refractivity contribution in [3.63, 3.8) is 0 Å². The Kier molecular flexibility index (Phi) is 3.17. The monoisotopic (exact) mass is 274 g/mol. The van der Waals surface area contributed by atoms with Gasteiger partial charge < -0.3 is 4.74 Å². The van der Waals surface area contributed by atoms with Crippen LogP contribution >= 0.6 is 11.6 Å². The molecule has 0 N–H and O–H groups in total. The first-order valence-electron chi connectivity index (χ1n) is 4.84. The molecular weight excluding hydrogens is 269 g/mol. The van der Waals surface area contributed by atoms with Gasteiger partial charge in [0.25, 0.3) is 5.24 Å². The number of ether oxygens (including phenoxy) is 1. The van der Waals surface area contributed by atoms with Crippen LogP contribution in [-0.4, -0.2) is 11.6 Å². The van der Waals surface area contributed by atoms with Crippen molar-refractivity contribution in [2.75, 3.05) is 0 Å². The summed E-state index contributed by atoms with van der Waals surface area (Å²) in [5.41, 5.74) is 0.286. The molecule has 0 unspecified atom stereocenters. The van der Waals surface area contributed by atoms with Crippen LogP contribution in [0.3, 0.4) is 0 Å². The van der Waals surface area contributed by atoms with Gasteiger partial charge in [-0.2, -0.15) is 0 Å². The third-order valence-corrected chi connectivity index (χ3v) is 2.49. The van der Waals surface area contributed by atoms with E-state index in [4.69, 9.17) is 11.6 Å². The second-order valence-corrected chi connectivity index (χ2v) is 3.89. The maximum atomic E-state index is 12.0. The number of rotatable bonds is 2. The molecule has 2 aromatic rings. The molecule has 0 amide bonds. The average molecular weight is 275 g/mol. The third-order valence-electron chi connectivity index (χ3n) is 2.27. The van der Waals surface area contributed by atoms with Crippen molar-refractivity contribution in [2.24, 2.45) is 0 Å². The molecule has 0 atom stereocenters. The fourth-order valence-electron chi connectivity index (χ4n) is 1.54. The van der Waals surface area contributed by atoms with Gasteiger partial charge in [-0.15, -0.1) is 13.2 Å². The zero-order valence-corrected chi connectivity index (χ0v) is 9.55. The molecule has 0 spiro atoms. The number of halogens is 4. The third kappa shape index (κ3) is 2.92. The van der Waals surface area contributed by atoms with Crippen LogP contribution in [0.1, 0.15) is 10.4 Å². The molecule has 0 saturated heterocycles. The lowest BCUT2D eigenvalue weighted by Crippen LogP contribution is -2.16. The van der Waals surface area contributed by atoms with Crippen LogP contribution < -0.4 is 4.74 Å². The van der Waals surface area contributed by atoms with Crippen molar-refractivity contribution < 1.29 is 22.7 Å². The number of benzene rings is 2. The van der Waals surface area contributed by atoms with E-state index in [1.165, 1.54) is 36.4 Å². The maximum absolute atomic E-state index is 12.0. The summed E-state index contributed by atoms with van der Waals surface area (Å²) in [6.45, 7) is 0. The minimum atomic E-state index is -4.72. The van der Waals surface area contributed by atoms with E-state index in [1.807, 2.05) is 0 Å². The number of hydrogen-bond donors (Lipinski definition) is 0. The summed E-state index contributed by atoms with van der Waals surface area (Å²) < 4.78 is 39.9. The molecule has 0 aliphatic carbocycles. The summed E-state index contributed by atoms with van der Waals surface area (Å²) >= 11 is 5.31. The smallest absolute Gasteiger partial charge is 0.406 e. The molecule has 2 rings (SSSR count). The standard InChI is InChI=1S/C12H6ClF3O2/c13-11(17)9-2-1-8-6-10(18-12(14,15)16)4-3-7(8)5-9/h1-6H. The minimum absolute atomic E-state index is 0.286. The molecule has 2 nitrogen and oxygen atoms in total. The Labute approximate surface area is 105 Å². The summed E-state index contributed by atoms with van der Waals surface area (Å²) in [5.74, 6) is -0.306. The number of carbonyl (C=O) groups excluding carboxylic acids is 1. The highest BCUT2D eigenvalue weighted by Crippen LogP contribution is 2.27. The maximum Gasteiger partial charge on any atom is 0.573 e. The fraction of sp³-hybridized carbons (Fsp3) is 0.0833. The predicted molar refractivity (Wildman–Crippen MR) is 60.8 cm³/mol. The van der Waals surface area contributed by atoms with Crippen LogP contribution in [0.15, 0.2) is 36.4 Å². The first-order chi connectivity index (χ1) is 8.35. The van der Waals surface area contributed by atoms with E-state index in [2.05, 4.69) is 4.74 Å². The van der Waals surface area contributed by atoms with Gasteiger partial charge in [0.05, 0.1) is 0 Å².